The van der Waals surface area contributed by atoms with Gasteiger partial charge in [0.15, 0.2) is 11.5 Å². The maximum absolute atomic E-state index is 13.0. The largest absolute Gasteiger partial charge is 0.490 e. The lowest BCUT2D eigenvalue weighted by Gasteiger charge is -2.33. The molecule has 0 saturated heterocycles. The zero-order valence-corrected chi connectivity index (χ0v) is 19.2. The van der Waals surface area contributed by atoms with Gasteiger partial charge in [0, 0.05) is 10.4 Å². The Morgan fingerprint density at radius 2 is 1.90 bits per heavy atom. The average molecular weight is 427 g/mol. The smallest absolute Gasteiger partial charge is 0.260 e. The van der Waals surface area contributed by atoms with E-state index in [-0.39, 0.29) is 11.0 Å². The lowest BCUT2D eigenvalue weighted by atomic mass is 9.72. The zero-order valence-electron chi connectivity index (χ0n) is 18.4. The highest BCUT2D eigenvalue weighted by Crippen LogP contribution is 2.42. The van der Waals surface area contributed by atoms with Gasteiger partial charge < -0.3 is 14.5 Å². The van der Waals surface area contributed by atoms with Crippen LogP contribution in [0.2, 0.25) is 0 Å². The highest BCUT2D eigenvalue weighted by molar-refractivity contribution is 7.18. The van der Waals surface area contributed by atoms with Crippen molar-refractivity contribution in [3.05, 3.63) is 39.0 Å². The van der Waals surface area contributed by atoms with Gasteiger partial charge in [0.1, 0.15) is 10.7 Å². The molecule has 3 aromatic rings. The molecule has 5 nitrogen and oxygen atoms in total. The molecule has 0 saturated carbocycles. The van der Waals surface area contributed by atoms with Crippen molar-refractivity contribution in [3.63, 3.8) is 0 Å². The lowest BCUT2D eigenvalue weighted by molar-refractivity contribution is 0.218. The number of aromatic nitrogens is 2. The Balaban J connectivity index is 1.76. The predicted molar refractivity (Wildman–Crippen MR) is 123 cm³/mol. The Hall–Kier alpha value is -2.34. The second-order valence-corrected chi connectivity index (χ2v) is 10.0. The third-order valence-corrected chi connectivity index (χ3v) is 7.11. The zero-order chi connectivity index (χ0) is 21.5. The van der Waals surface area contributed by atoms with Crippen LogP contribution in [0.5, 0.6) is 11.5 Å². The number of aromatic amines is 1. The number of ether oxygens (including phenoxy) is 2. The first-order valence-electron chi connectivity index (χ1n) is 10.8. The van der Waals surface area contributed by atoms with Crippen molar-refractivity contribution in [2.45, 2.75) is 53.9 Å². The minimum Gasteiger partial charge on any atom is -0.490 e. The van der Waals surface area contributed by atoms with E-state index in [0.717, 1.165) is 35.0 Å². The van der Waals surface area contributed by atoms with Gasteiger partial charge in [-0.2, -0.15) is 0 Å². The van der Waals surface area contributed by atoms with Crippen LogP contribution in [-0.2, 0) is 12.8 Å². The minimum absolute atomic E-state index is 0.0476. The lowest BCUT2D eigenvalue weighted by Crippen LogP contribution is -2.26. The van der Waals surface area contributed by atoms with Crippen LogP contribution in [0.15, 0.2) is 23.0 Å². The summed E-state index contributed by atoms with van der Waals surface area (Å²) in [6.45, 7) is 11.9. The number of fused-ring (bicyclic) bond motifs is 3. The van der Waals surface area contributed by atoms with E-state index in [1.807, 2.05) is 32.0 Å². The predicted octanol–water partition coefficient (Wildman–Crippen LogP) is 5.60. The quantitative estimate of drug-likeness (QED) is 0.577. The van der Waals surface area contributed by atoms with Crippen LogP contribution in [0, 0.1) is 11.3 Å². The molecule has 1 aliphatic rings. The van der Waals surface area contributed by atoms with E-state index < -0.39 is 0 Å². The van der Waals surface area contributed by atoms with Crippen LogP contribution in [-0.4, -0.2) is 23.2 Å². The second-order valence-electron chi connectivity index (χ2n) is 8.93. The Kier molecular flexibility index (Phi) is 5.62. The molecule has 30 heavy (non-hydrogen) atoms. The van der Waals surface area contributed by atoms with Gasteiger partial charge in [-0.3, -0.25) is 4.79 Å². The number of hydrogen-bond donors (Lipinski definition) is 1. The second kappa shape index (κ2) is 8.06. The molecule has 1 unspecified atom stereocenters. The van der Waals surface area contributed by atoms with E-state index in [1.54, 1.807) is 11.3 Å². The van der Waals surface area contributed by atoms with Gasteiger partial charge in [-0.05, 0) is 68.2 Å². The van der Waals surface area contributed by atoms with Crippen molar-refractivity contribution in [1.29, 1.82) is 0 Å². The highest BCUT2D eigenvalue weighted by Gasteiger charge is 2.31. The molecular weight excluding hydrogens is 396 g/mol. The molecule has 6 heteroatoms. The molecule has 160 valence electrons. The summed E-state index contributed by atoms with van der Waals surface area (Å²) >= 11 is 1.68. The van der Waals surface area contributed by atoms with E-state index in [4.69, 9.17) is 14.5 Å². The summed E-state index contributed by atoms with van der Waals surface area (Å²) < 4.78 is 11.4. The van der Waals surface area contributed by atoms with Gasteiger partial charge in [0.25, 0.3) is 5.56 Å². The molecule has 0 fully saturated rings. The molecule has 4 rings (SSSR count). The van der Waals surface area contributed by atoms with Crippen molar-refractivity contribution in [2.75, 3.05) is 13.2 Å². The summed E-state index contributed by atoms with van der Waals surface area (Å²) in [5.74, 6) is 2.57. The Bertz CT molecular complexity index is 1120. The third-order valence-electron chi connectivity index (χ3n) is 5.96. The van der Waals surface area contributed by atoms with Gasteiger partial charge in [0.2, 0.25) is 0 Å². The summed E-state index contributed by atoms with van der Waals surface area (Å²) in [5.41, 5.74) is 2.25. The molecule has 1 aromatic carbocycles. The number of hydrogen-bond acceptors (Lipinski definition) is 5. The number of benzene rings is 1. The van der Waals surface area contributed by atoms with E-state index in [9.17, 15) is 4.79 Å². The van der Waals surface area contributed by atoms with Crippen LogP contribution >= 0.6 is 11.3 Å². The van der Waals surface area contributed by atoms with Gasteiger partial charge in [-0.15, -0.1) is 11.3 Å². The summed E-state index contributed by atoms with van der Waals surface area (Å²) in [7, 11) is 0. The number of aryl methyl sites for hydroxylation is 1. The van der Waals surface area contributed by atoms with E-state index in [0.29, 0.717) is 36.5 Å². The fourth-order valence-corrected chi connectivity index (χ4v) is 5.56. The van der Waals surface area contributed by atoms with Crippen LogP contribution in [0.1, 0.15) is 51.5 Å². The van der Waals surface area contributed by atoms with Crippen molar-refractivity contribution in [1.82, 2.24) is 9.97 Å². The first kappa shape index (κ1) is 20.9. The average Bonchev–Trinajstić information content (AvgIpc) is 3.07. The molecular formula is C24H30N2O3S. The molecule has 1 N–H and O–H groups in total. The molecule has 0 bridgehead atoms. The molecule has 0 aliphatic heterocycles. The van der Waals surface area contributed by atoms with Crippen LogP contribution < -0.4 is 15.0 Å². The monoisotopic (exact) mass is 426 g/mol. The molecule has 0 spiro atoms. The van der Waals surface area contributed by atoms with E-state index in [1.165, 1.54) is 10.4 Å². The van der Waals surface area contributed by atoms with Crippen molar-refractivity contribution >= 4 is 21.6 Å². The molecule has 1 atom stereocenters. The highest BCUT2D eigenvalue weighted by atomic mass is 32.1. The number of nitrogens with zero attached hydrogens (tertiary/aromatic N) is 1. The SMILES string of the molecule is CCOc1ccc(-c2nc3sc4c(c3c(=O)[nH]2)CCC(C(C)(C)C)C4)cc1OCC. The van der Waals surface area contributed by atoms with Crippen molar-refractivity contribution in [2.24, 2.45) is 11.3 Å². The summed E-state index contributed by atoms with van der Waals surface area (Å²) in [6.07, 6.45) is 3.12. The summed E-state index contributed by atoms with van der Waals surface area (Å²) in [6, 6.07) is 5.68. The summed E-state index contributed by atoms with van der Waals surface area (Å²) in [5, 5.41) is 0.780. The normalized spacial score (nSPS) is 16.5. The van der Waals surface area contributed by atoms with Crippen LogP contribution in [0.4, 0.5) is 0 Å². The fourth-order valence-electron chi connectivity index (χ4n) is 4.26. The first-order chi connectivity index (χ1) is 14.3. The van der Waals surface area contributed by atoms with Gasteiger partial charge in [-0.25, -0.2) is 4.98 Å². The minimum atomic E-state index is -0.0476. The standard InChI is InChI=1S/C24H30N2O3S/c1-6-28-17-11-8-14(12-18(17)29-7-2)21-25-22(27)20-16-10-9-15(24(3,4)5)13-19(16)30-23(20)26-21/h8,11-12,15H,6-7,9-10,13H2,1-5H3,(H,25,26,27). The van der Waals surface area contributed by atoms with Crippen LogP contribution in [0.25, 0.3) is 21.6 Å². The maximum Gasteiger partial charge on any atom is 0.260 e. The van der Waals surface area contributed by atoms with Crippen molar-refractivity contribution < 1.29 is 9.47 Å². The molecule has 1 aliphatic carbocycles. The van der Waals surface area contributed by atoms with Gasteiger partial charge in [-0.1, -0.05) is 20.8 Å². The molecule has 0 radical (unpaired) electrons. The molecule has 2 aromatic heterocycles. The van der Waals surface area contributed by atoms with E-state index >= 15 is 0 Å². The van der Waals surface area contributed by atoms with Crippen molar-refractivity contribution in [3.8, 4) is 22.9 Å². The van der Waals surface area contributed by atoms with Gasteiger partial charge in [0.05, 0.1) is 18.6 Å². The van der Waals surface area contributed by atoms with Gasteiger partial charge >= 0.3 is 0 Å². The van der Waals surface area contributed by atoms with Crippen LogP contribution in [0.3, 0.4) is 0 Å². The molecule has 2 heterocycles. The number of thiophene rings is 1. The molecule has 0 amide bonds. The maximum atomic E-state index is 13.0. The number of rotatable bonds is 5. The topological polar surface area (TPSA) is 64.2 Å². The summed E-state index contributed by atoms with van der Waals surface area (Å²) in [4.78, 5) is 23.0. The van der Waals surface area contributed by atoms with E-state index in [2.05, 4.69) is 25.8 Å². The Morgan fingerprint density at radius 1 is 1.17 bits per heavy atom. The Morgan fingerprint density at radius 3 is 2.60 bits per heavy atom. The Labute approximate surface area is 181 Å². The number of H-pyrrole nitrogens is 1. The fraction of sp³-hybridized carbons (Fsp3) is 0.500. The third kappa shape index (κ3) is 3.85. The number of nitrogens with one attached hydrogen (secondary N) is 1. The first-order valence-corrected chi connectivity index (χ1v) is 11.6.